The van der Waals surface area contributed by atoms with Gasteiger partial charge >= 0.3 is 0 Å². The third kappa shape index (κ3) is 5.19. The summed E-state index contributed by atoms with van der Waals surface area (Å²) in [5.41, 5.74) is 1.03. The van der Waals surface area contributed by atoms with Crippen LogP contribution in [0.5, 0.6) is 5.75 Å². The molecular formula is C16H24N4O. The van der Waals surface area contributed by atoms with Crippen LogP contribution in [0.2, 0.25) is 0 Å². The van der Waals surface area contributed by atoms with Gasteiger partial charge in [0.1, 0.15) is 11.6 Å². The van der Waals surface area contributed by atoms with Crippen molar-refractivity contribution in [1.29, 1.82) is 0 Å². The first-order valence-corrected chi connectivity index (χ1v) is 7.40. The number of nitrogens with zero attached hydrogens (tertiary/aromatic N) is 3. The Morgan fingerprint density at radius 2 is 2.14 bits per heavy atom. The van der Waals surface area contributed by atoms with E-state index >= 15 is 0 Å². The Morgan fingerprint density at radius 1 is 1.29 bits per heavy atom. The fourth-order valence-corrected chi connectivity index (χ4v) is 1.99. The number of aromatic nitrogens is 3. The second-order valence-corrected chi connectivity index (χ2v) is 5.56. The van der Waals surface area contributed by atoms with Gasteiger partial charge in [0.15, 0.2) is 0 Å². The van der Waals surface area contributed by atoms with Crippen molar-refractivity contribution in [2.75, 3.05) is 13.2 Å². The number of aryl methyl sites for hydroxylation is 1. The fourth-order valence-electron chi connectivity index (χ4n) is 1.99. The zero-order valence-electron chi connectivity index (χ0n) is 13.0. The molecule has 5 nitrogen and oxygen atoms in total. The number of rotatable bonds is 8. The molecule has 0 saturated heterocycles. The molecule has 0 aliphatic rings. The van der Waals surface area contributed by atoms with Crippen LogP contribution in [0.25, 0.3) is 0 Å². The maximum Gasteiger partial charge on any atom is 0.137 e. The Bertz CT molecular complexity index is 533. The third-order valence-electron chi connectivity index (χ3n) is 3.17. The minimum Gasteiger partial charge on any atom is -0.492 e. The van der Waals surface area contributed by atoms with Gasteiger partial charge in [-0.1, -0.05) is 13.8 Å². The van der Waals surface area contributed by atoms with E-state index in [1.165, 1.54) is 0 Å². The van der Waals surface area contributed by atoms with Crippen molar-refractivity contribution < 1.29 is 4.74 Å². The predicted octanol–water partition coefficient (Wildman–Crippen LogP) is 2.18. The summed E-state index contributed by atoms with van der Waals surface area (Å²) in [6.07, 6.45) is 6.32. The molecule has 0 radical (unpaired) electrons. The van der Waals surface area contributed by atoms with Crippen molar-refractivity contribution in [3.63, 3.8) is 0 Å². The predicted molar refractivity (Wildman–Crippen MR) is 83.2 cm³/mol. The van der Waals surface area contributed by atoms with Gasteiger partial charge in [0, 0.05) is 32.4 Å². The average Bonchev–Trinajstić information content (AvgIpc) is 2.86. The molecule has 0 aliphatic heterocycles. The van der Waals surface area contributed by atoms with E-state index in [0.717, 1.165) is 36.8 Å². The van der Waals surface area contributed by atoms with Crippen LogP contribution in [0.3, 0.4) is 0 Å². The molecule has 2 heterocycles. The van der Waals surface area contributed by atoms with Gasteiger partial charge in [-0.3, -0.25) is 4.98 Å². The smallest absolute Gasteiger partial charge is 0.137 e. The molecule has 2 aromatic heterocycles. The van der Waals surface area contributed by atoms with Crippen molar-refractivity contribution in [3.8, 4) is 5.75 Å². The maximum atomic E-state index is 5.70. The average molecular weight is 288 g/mol. The number of imidazole rings is 1. The van der Waals surface area contributed by atoms with E-state index in [-0.39, 0.29) is 0 Å². The van der Waals surface area contributed by atoms with Gasteiger partial charge in [0.25, 0.3) is 0 Å². The van der Waals surface area contributed by atoms with Gasteiger partial charge in [-0.05, 0) is 24.6 Å². The highest BCUT2D eigenvalue weighted by molar-refractivity contribution is 5.19. The van der Waals surface area contributed by atoms with Crippen LogP contribution < -0.4 is 10.1 Å². The summed E-state index contributed by atoms with van der Waals surface area (Å²) >= 11 is 0. The maximum absolute atomic E-state index is 5.70. The lowest BCUT2D eigenvalue weighted by Gasteiger charge is -2.08. The van der Waals surface area contributed by atoms with Crippen molar-refractivity contribution in [2.45, 2.75) is 26.8 Å². The summed E-state index contributed by atoms with van der Waals surface area (Å²) in [5, 5.41) is 3.37. The molecule has 1 N–H and O–H groups in total. The summed E-state index contributed by atoms with van der Waals surface area (Å²) < 4.78 is 7.70. The Kier molecular flexibility index (Phi) is 5.75. The lowest BCUT2D eigenvalue weighted by Crippen LogP contribution is -2.19. The van der Waals surface area contributed by atoms with Crippen molar-refractivity contribution in [2.24, 2.45) is 13.0 Å². The molecule has 2 rings (SSSR count). The number of pyridine rings is 1. The summed E-state index contributed by atoms with van der Waals surface area (Å²) in [4.78, 5) is 8.67. The summed E-state index contributed by atoms with van der Waals surface area (Å²) in [6.45, 7) is 6.80. The normalized spacial score (nSPS) is 11.0. The molecule has 21 heavy (non-hydrogen) atoms. The topological polar surface area (TPSA) is 52.0 Å². The van der Waals surface area contributed by atoms with Crippen molar-refractivity contribution in [1.82, 2.24) is 19.9 Å². The Hall–Kier alpha value is -1.88. The van der Waals surface area contributed by atoms with E-state index in [4.69, 9.17) is 4.74 Å². The highest BCUT2D eigenvalue weighted by atomic mass is 16.5. The van der Waals surface area contributed by atoms with Crippen LogP contribution >= 0.6 is 0 Å². The number of hydrogen-bond acceptors (Lipinski definition) is 4. The highest BCUT2D eigenvalue weighted by Crippen LogP contribution is 2.10. The van der Waals surface area contributed by atoms with E-state index in [0.29, 0.717) is 12.5 Å². The monoisotopic (exact) mass is 288 g/mol. The zero-order valence-corrected chi connectivity index (χ0v) is 13.0. The molecular weight excluding hydrogens is 264 g/mol. The molecule has 0 aliphatic carbocycles. The summed E-state index contributed by atoms with van der Waals surface area (Å²) in [7, 11) is 1.99. The van der Waals surface area contributed by atoms with E-state index in [2.05, 4.69) is 29.1 Å². The van der Waals surface area contributed by atoms with E-state index < -0.39 is 0 Å². The molecule has 0 unspecified atom stereocenters. The fraction of sp³-hybridized carbons (Fsp3) is 0.500. The second kappa shape index (κ2) is 7.78. The third-order valence-corrected chi connectivity index (χ3v) is 3.17. The Balaban J connectivity index is 1.73. The minimum atomic E-state index is 0.609. The first-order valence-electron chi connectivity index (χ1n) is 7.40. The standard InChI is InChI=1S/C16H24N4O/c1-13(2)10-17-11-14-4-5-15(12-19-14)21-9-6-16-18-7-8-20(16)3/h4-5,7-8,12-13,17H,6,9-11H2,1-3H3. The molecule has 0 fully saturated rings. The largest absolute Gasteiger partial charge is 0.492 e. The molecule has 2 aromatic rings. The lowest BCUT2D eigenvalue weighted by atomic mass is 10.2. The first-order chi connectivity index (χ1) is 10.1. The van der Waals surface area contributed by atoms with Crippen molar-refractivity contribution >= 4 is 0 Å². The number of ether oxygens (including phenoxy) is 1. The Morgan fingerprint density at radius 3 is 2.76 bits per heavy atom. The van der Waals surface area contributed by atoms with E-state index in [1.807, 2.05) is 29.9 Å². The van der Waals surface area contributed by atoms with Crippen LogP contribution in [0.15, 0.2) is 30.7 Å². The van der Waals surface area contributed by atoms with Gasteiger partial charge in [-0.25, -0.2) is 4.98 Å². The molecule has 0 atom stereocenters. The van der Waals surface area contributed by atoms with Gasteiger partial charge in [0.05, 0.1) is 18.5 Å². The Labute approximate surface area is 126 Å². The zero-order chi connectivity index (χ0) is 15.1. The summed E-state index contributed by atoms with van der Waals surface area (Å²) in [6, 6.07) is 3.97. The molecule has 0 aromatic carbocycles. The van der Waals surface area contributed by atoms with Crippen LogP contribution in [-0.4, -0.2) is 27.7 Å². The first kappa shape index (κ1) is 15.5. The molecule has 5 heteroatoms. The number of hydrogen-bond donors (Lipinski definition) is 1. The SMILES string of the molecule is CC(C)CNCc1ccc(OCCc2nccn2C)cn1. The second-order valence-electron chi connectivity index (χ2n) is 5.56. The quantitative estimate of drug-likeness (QED) is 0.809. The molecule has 0 bridgehead atoms. The van der Waals surface area contributed by atoms with Crippen LogP contribution in [0.1, 0.15) is 25.4 Å². The van der Waals surface area contributed by atoms with Gasteiger partial charge in [-0.2, -0.15) is 0 Å². The van der Waals surface area contributed by atoms with Gasteiger partial charge in [-0.15, -0.1) is 0 Å². The molecule has 114 valence electrons. The molecule has 0 amide bonds. The highest BCUT2D eigenvalue weighted by Gasteiger charge is 2.01. The van der Waals surface area contributed by atoms with Crippen molar-refractivity contribution in [3.05, 3.63) is 42.2 Å². The van der Waals surface area contributed by atoms with Crippen LogP contribution in [-0.2, 0) is 20.0 Å². The number of nitrogens with one attached hydrogen (secondary N) is 1. The minimum absolute atomic E-state index is 0.609. The van der Waals surface area contributed by atoms with Gasteiger partial charge in [0.2, 0.25) is 0 Å². The molecule has 0 saturated carbocycles. The van der Waals surface area contributed by atoms with E-state index in [9.17, 15) is 0 Å². The lowest BCUT2D eigenvalue weighted by molar-refractivity contribution is 0.316. The van der Waals surface area contributed by atoms with Gasteiger partial charge < -0.3 is 14.6 Å². The van der Waals surface area contributed by atoms with E-state index in [1.54, 1.807) is 12.4 Å². The molecule has 0 spiro atoms. The van der Waals surface area contributed by atoms with Crippen LogP contribution in [0, 0.1) is 5.92 Å². The van der Waals surface area contributed by atoms with Crippen LogP contribution in [0.4, 0.5) is 0 Å². The summed E-state index contributed by atoms with van der Waals surface area (Å²) in [5.74, 6) is 2.48.